The number of thiophene rings is 1. The predicted molar refractivity (Wildman–Crippen MR) is 67.6 cm³/mol. The third kappa shape index (κ3) is 1.95. The number of nitrogens with one attached hydrogen (secondary N) is 1. The lowest BCUT2D eigenvalue weighted by Crippen LogP contribution is -2.36. The highest BCUT2D eigenvalue weighted by molar-refractivity contribution is 7.12. The molecule has 3 rings (SSSR count). The SMILES string of the molecule is O=C(c1cccs1)N1CCc2n[nH]c(=O)cc2C1. The highest BCUT2D eigenvalue weighted by Gasteiger charge is 2.23. The number of H-pyrrole nitrogens is 1. The summed E-state index contributed by atoms with van der Waals surface area (Å²) in [5, 5.41) is 8.31. The minimum atomic E-state index is -0.223. The summed E-state index contributed by atoms with van der Waals surface area (Å²) >= 11 is 1.43. The maximum absolute atomic E-state index is 12.2. The Morgan fingerprint density at radius 1 is 1.50 bits per heavy atom. The summed E-state index contributed by atoms with van der Waals surface area (Å²) in [5.41, 5.74) is 1.50. The minimum Gasteiger partial charge on any atom is -0.333 e. The van der Waals surface area contributed by atoms with E-state index in [1.807, 2.05) is 17.5 Å². The summed E-state index contributed by atoms with van der Waals surface area (Å²) in [4.78, 5) is 25.9. The Bertz CT molecular complexity index is 633. The van der Waals surface area contributed by atoms with E-state index < -0.39 is 0 Å². The molecule has 1 aliphatic heterocycles. The molecule has 0 aliphatic carbocycles. The van der Waals surface area contributed by atoms with Crippen molar-refractivity contribution >= 4 is 17.2 Å². The molecule has 92 valence electrons. The first kappa shape index (κ1) is 11.2. The van der Waals surface area contributed by atoms with Crippen LogP contribution in [-0.2, 0) is 13.0 Å². The Kier molecular flexibility index (Phi) is 2.71. The van der Waals surface area contributed by atoms with Crippen LogP contribution in [0.3, 0.4) is 0 Å². The smallest absolute Gasteiger partial charge is 0.264 e. The zero-order chi connectivity index (χ0) is 12.5. The van der Waals surface area contributed by atoms with E-state index in [2.05, 4.69) is 10.2 Å². The number of amides is 1. The second-order valence-corrected chi connectivity index (χ2v) is 5.11. The Hall–Kier alpha value is -1.95. The van der Waals surface area contributed by atoms with E-state index in [9.17, 15) is 9.59 Å². The van der Waals surface area contributed by atoms with Gasteiger partial charge >= 0.3 is 0 Å². The van der Waals surface area contributed by atoms with Gasteiger partial charge < -0.3 is 4.90 Å². The van der Waals surface area contributed by atoms with E-state index in [1.165, 1.54) is 17.4 Å². The molecule has 3 heterocycles. The molecule has 0 aromatic carbocycles. The lowest BCUT2D eigenvalue weighted by atomic mass is 10.1. The van der Waals surface area contributed by atoms with Crippen molar-refractivity contribution in [3.63, 3.8) is 0 Å². The summed E-state index contributed by atoms with van der Waals surface area (Å²) in [6, 6.07) is 5.21. The monoisotopic (exact) mass is 261 g/mol. The number of carbonyl (C=O) groups excluding carboxylic acids is 1. The van der Waals surface area contributed by atoms with Gasteiger partial charge in [-0.15, -0.1) is 11.3 Å². The van der Waals surface area contributed by atoms with Crippen LogP contribution in [0, 0.1) is 0 Å². The van der Waals surface area contributed by atoms with Crippen molar-refractivity contribution in [2.45, 2.75) is 13.0 Å². The molecule has 0 spiro atoms. The van der Waals surface area contributed by atoms with Gasteiger partial charge in [-0.3, -0.25) is 9.59 Å². The van der Waals surface area contributed by atoms with Gasteiger partial charge in [0.1, 0.15) is 0 Å². The van der Waals surface area contributed by atoms with Crippen molar-refractivity contribution in [3.8, 4) is 0 Å². The van der Waals surface area contributed by atoms with E-state index in [4.69, 9.17) is 0 Å². The molecule has 1 aliphatic rings. The standard InChI is InChI=1S/C12H11N3O2S/c16-11-6-8-7-15(4-3-9(8)13-14-11)12(17)10-2-1-5-18-10/h1-2,5-6H,3-4,7H2,(H,14,16). The van der Waals surface area contributed by atoms with Crippen molar-refractivity contribution in [2.24, 2.45) is 0 Å². The van der Waals surface area contributed by atoms with E-state index in [0.717, 1.165) is 16.1 Å². The summed E-state index contributed by atoms with van der Waals surface area (Å²) < 4.78 is 0. The molecule has 2 aromatic heterocycles. The third-order valence-electron chi connectivity index (χ3n) is 2.98. The minimum absolute atomic E-state index is 0.0240. The van der Waals surface area contributed by atoms with Crippen LogP contribution in [-0.4, -0.2) is 27.5 Å². The van der Waals surface area contributed by atoms with Crippen molar-refractivity contribution < 1.29 is 4.79 Å². The molecule has 0 radical (unpaired) electrons. The van der Waals surface area contributed by atoms with Gasteiger partial charge in [0.15, 0.2) is 0 Å². The quantitative estimate of drug-likeness (QED) is 0.833. The lowest BCUT2D eigenvalue weighted by Gasteiger charge is -2.27. The first-order valence-corrected chi connectivity index (χ1v) is 6.52. The average molecular weight is 261 g/mol. The molecule has 0 unspecified atom stereocenters. The van der Waals surface area contributed by atoms with Gasteiger partial charge in [0, 0.05) is 31.1 Å². The molecular weight excluding hydrogens is 250 g/mol. The van der Waals surface area contributed by atoms with Crippen LogP contribution in [0.15, 0.2) is 28.4 Å². The largest absolute Gasteiger partial charge is 0.333 e. The van der Waals surface area contributed by atoms with Gasteiger partial charge in [0.25, 0.3) is 11.5 Å². The molecule has 1 N–H and O–H groups in total. The molecule has 0 bridgehead atoms. The van der Waals surface area contributed by atoms with Gasteiger partial charge in [0.05, 0.1) is 10.6 Å². The maximum atomic E-state index is 12.2. The lowest BCUT2D eigenvalue weighted by molar-refractivity contribution is 0.0738. The Labute approximate surface area is 107 Å². The fourth-order valence-corrected chi connectivity index (χ4v) is 2.77. The third-order valence-corrected chi connectivity index (χ3v) is 3.83. The van der Waals surface area contributed by atoms with Crippen LogP contribution >= 0.6 is 11.3 Å². The summed E-state index contributed by atoms with van der Waals surface area (Å²) in [6.45, 7) is 1.10. The second kappa shape index (κ2) is 4.38. The zero-order valence-corrected chi connectivity index (χ0v) is 10.4. The molecule has 18 heavy (non-hydrogen) atoms. The number of carbonyl (C=O) groups is 1. The number of rotatable bonds is 1. The number of hydrogen-bond donors (Lipinski definition) is 1. The molecule has 5 nitrogen and oxygen atoms in total. The van der Waals surface area contributed by atoms with Gasteiger partial charge in [-0.25, -0.2) is 5.10 Å². The first-order valence-electron chi connectivity index (χ1n) is 5.64. The predicted octanol–water partition coefficient (Wildman–Crippen LogP) is 1.03. The number of fused-ring (bicyclic) bond motifs is 1. The van der Waals surface area contributed by atoms with Gasteiger partial charge in [0.2, 0.25) is 0 Å². The van der Waals surface area contributed by atoms with Crippen LogP contribution in [0.2, 0.25) is 0 Å². The number of hydrogen-bond acceptors (Lipinski definition) is 4. The molecular formula is C12H11N3O2S. The molecule has 1 amide bonds. The molecule has 0 fully saturated rings. The fourth-order valence-electron chi connectivity index (χ4n) is 2.08. The van der Waals surface area contributed by atoms with Crippen molar-refractivity contribution in [2.75, 3.05) is 6.54 Å². The second-order valence-electron chi connectivity index (χ2n) is 4.16. The topological polar surface area (TPSA) is 66.1 Å². The maximum Gasteiger partial charge on any atom is 0.264 e. The fraction of sp³-hybridized carbons (Fsp3) is 0.250. The summed E-state index contributed by atoms with van der Waals surface area (Å²) in [5.74, 6) is 0.0240. The Balaban J connectivity index is 1.86. The van der Waals surface area contributed by atoms with Crippen LogP contribution in [0.1, 0.15) is 20.9 Å². The number of aromatic nitrogens is 2. The Morgan fingerprint density at radius 3 is 3.17 bits per heavy atom. The van der Waals surface area contributed by atoms with Crippen molar-refractivity contribution in [1.82, 2.24) is 15.1 Å². The van der Waals surface area contributed by atoms with Crippen LogP contribution in [0.25, 0.3) is 0 Å². The highest BCUT2D eigenvalue weighted by Crippen LogP contribution is 2.19. The van der Waals surface area contributed by atoms with Gasteiger partial charge in [-0.05, 0) is 11.4 Å². The van der Waals surface area contributed by atoms with Crippen LogP contribution in [0.5, 0.6) is 0 Å². The molecule has 0 saturated carbocycles. The van der Waals surface area contributed by atoms with E-state index >= 15 is 0 Å². The highest BCUT2D eigenvalue weighted by atomic mass is 32.1. The van der Waals surface area contributed by atoms with Gasteiger partial charge in [-0.1, -0.05) is 6.07 Å². The number of aromatic amines is 1. The first-order chi connectivity index (χ1) is 8.74. The summed E-state index contributed by atoms with van der Waals surface area (Å²) in [6.07, 6.45) is 0.684. The van der Waals surface area contributed by atoms with E-state index in [1.54, 1.807) is 4.90 Å². The average Bonchev–Trinajstić information content (AvgIpc) is 2.90. The van der Waals surface area contributed by atoms with E-state index in [0.29, 0.717) is 19.5 Å². The number of nitrogens with zero attached hydrogens (tertiary/aromatic N) is 2. The molecule has 0 atom stereocenters. The van der Waals surface area contributed by atoms with Crippen LogP contribution in [0.4, 0.5) is 0 Å². The Morgan fingerprint density at radius 2 is 2.39 bits per heavy atom. The van der Waals surface area contributed by atoms with Gasteiger partial charge in [-0.2, -0.15) is 5.10 Å². The molecule has 2 aromatic rings. The van der Waals surface area contributed by atoms with Crippen LogP contribution < -0.4 is 5.56 Å². The zero-order valence-electron chi connectivity index (χ0n) is 9.55. The van der Waals surface area contributed by atoms with Crippen molar-refractivity contribution in [3.05, 3.63) is 50.1 Å². The normalized spacial score (nSPS) is 14.3. The molecule has 0 saturated heterocycles. The van der Waals surface area contributed by atoms with E-state index in [-0.39, 0.29) is 11.5 Å². The van der Waals surface area contributed by atoms with Crippen molar-refractivity contribution in [1.29, 1.82) is 0 Å². The summed E-state index contributed by atoms with van der Waals surface area (Å²) in [7, 11) is 0. The molecule has 6 heteroatoms.